The summed E-state index contributed by atoms with van der Waals surface area (Å²) in [5, 5.41) is 18.6. The van der Waals surface area contributed by atoms with Gasteiger partial charge in [-0.1, -0.05) is 6.92 Å². The fraction of sp³-hybridized carbons (Fsp3) is 0.846. The highest BCUT2D eigenvalue weighted by Crippen LogP contribution is 2.25. The molecule has 2 fully saturated rings. The Balaban J connectivity index is 1.86. The van der Waals surface area contributed by atoms with Gasteiger partial charge in [0.2, 0.25) is 11.8 Å². The van der Waals surface area contributed by atoms with Crippen LogP contribution in [0.4, 0.5) is 0 Å². The molecule has 2 aliphatic heterocycles. The number of hydrogen-bond acceptors (Lipinski definition) is 4. The molecule has 0 aromatic carbocycles. The van der Waals surface area contributed by atoms with Crippen molar-refractivity contribution in [3.8, 4) is 0 Å². The lowest BCUT2D eigenvalue weighted by Gasteiger charge is -2.41. The first-order valence-corrected chi connectivity index (χ1v) is 7.00. The molecule has 19 heavy (non-hydrogen) atoms. The molecule has 0 aromatic rings. The van der Waals surface area contributed by atoms with Gasteiger partial charge in [0.25, 0.3) is 0 Å². The summed E-state index contributed by atoms with van der Waals surface area (Å²) in [6.07, 6.45) is 1.16. The second-order valence-corrected chi connectivity index (χ2v) is 5.62. The van der Waals surface area contributed by atoms with Crippen molar-refractivity contribution in [3.63, 3.8) is 0 Å². The van der Waals surface area contributed by atoms with Gasteiger partial charge in [0, 0.05) is 6.04 Å². The molecule has 2 amide bonds. The molecule has 108 valence electrons. The SMILES string of the molecule is CC(C(=O)NC1CCNCC1)[C@H]1NC(=O)[C@@H]1C(C)O. The van der Waals surface area contributed by atoms with Crippen LogP contribution in [0.2, 0.25) is 0 Å². The van der Waals surface area contributed by atoms with Gasteiger partial charge in [-0.3, -0.25) is 9.59 Å². The van der Waals surface area contributed by atoms with Crippen molar-refractivity contribution < 1.29 is 14.7 Å². The van der Waals surface area contributed by atoms with E-state index in [1.165, 1.54) is 0 Å². The number of carbonyl (C=O) groups excluding carboxylic acids is 2. The van der Waals surface area contributed by atoms with Gasteiger partial charge in [0.15, 0.2) is 0 Å². The van der Waals surface area contributed by atoms with E-state index in [9.17, 15) is 14.7 Å². The lowest BCUT2D eigenvalue weighted by Crippen LogP contribution is -2.66. The summed E-state index contributed by atoms with van der Waals surface area (Å²) in [7, 11) is 0. The highest BCUT2D eigenvalue weighted by molar-refractivity contribution is 5.90. The van der Waals surface area contributed by atoms with Gasteiger partial charge < -0.3 is 21.1 Å². The molecule has 4 N–H and O–H groups in total. The van der Waals surface area contributed by atoms with Gasteiger partial charge in [-0.05, 0) is 32.9 Å². The molecule has 0 bridgehead atoms. The van der Waals surface area contributed by atoms with E-state index in [1.54, 1.807) is 13.8 Å². The van der Waals surface area contributed by atoms with Gasteiger partial charge in [0.05, 0.1) is 24.0 Å². The molecule has 4 atom stereocenters. The summed E-state index contributed by atoms with van der Waals surface area (Å²) in [5.74, 6) is -0.981. The van der Waals surface area contributed by atoms with E-state index in [2.05, 4.69) is 16.0 Å². The lowest BCUT2D eigenvalue weighted by molar-refractivity contribution is -0.145. The van der Waals surface area contributed by atoms with Crippen molar-refractivity contribution in [1.29, 1.82) is 0 Å². The number of nitrogens with one attached hydrogen (secondary N) is 3. The van der Waals surface area contributed by atoms with E-state index < -0.39 is 12.0 Å². The van der Waals surface area contributed by atoms with Crippen molar-refractivity contribution in [2.75, 3.05) is 13.1 Å². The predicted molar refractivity (Wildman–Crippen MR) is 70.3 cm³/mol. The largest absolute Gasteiger partial charge is 0.393 e. The Labute approximate surface area is 113 Å². The molecule has 6 nitrogen and oxygen atoms in total. The third-order valence-corrected chi connectivity index (χ3v) is 4.16. The highest BCUT2D eigenvalue weighted by atomic mass is 16.3. The maximum Gasteiger partial charge on any atom is 0.228 e. The zero-order chi connectivity index (χ0) is 14.0. The quantitative estimate of drug-likeness (QED) is 0.492. The molecule has 0 spiro atoms. The van der Waals surface area contributed by atoms with Gasteiger partial charge in [-0.2, -0.15) is 0 Å². The Bertz CT molecular complexity index is 353. The maximum atomic E-state index is 12.2. The van der Waals surface area contributed by atoms with E-state index >= 15 is 0 Å². The number of aliphatic hydroxyl groups excluding tert-OH is 1. The van der Waals surface area contributed by atoms with Crippen molar-refractivity contribution in [2.24, 2.45) is 11.8 Å². The van der Waals surface area contributed by atoms with Crippen LogP contribution in [0.5, 0.6) is 0 Å². The highest BCUT2D eigenvalue weighted by Gasteiger charge is 2.47. The second-order valence-electron chi connectivity index (χ2n) is 5.62. The first-order valence-electron chi connectivity index (χ1n) is 7.00. The monoisotopic (exact) mass is 269 g/mol. The molecule has 2 aliphatic rings. The van der Waals surface area contributed by atoms with Crippen molar-refractivity contribution >= 4 is 11.8 Å². The van der Waals surface area contributed by atoms with Crippen LogP contribution in [0.15, 0.2) is 0 Å². The lowest BCUT2D eigenvalue weighted by atomic mass is 9.78. The Morgan fingerprint density at radius 3 is 2.53 bits per heavy atom. The van der Waals surface area contributed by atoms with E-state index in [0.717, 1.165) is 25.9 Å². The summed E-state index contributed by atoms with van der Waals surface area (Å²) >= 11 is 0. The minimum Gasteiger partial charge on any atom is -0.393 e. The molecule has 2 saturated heterocycles. The Hall–Kier alpha value is -1.14. The smallest absolute Gasteiger partial charge is 0.228 e. The van der Waals surface area contributed by atoms with E-state index in [0.29, 0.717) is 0 Å². The molecule has 0 radical (unpaired) electrons. The normalized spacial score (nSPS) is 31.0. The Morgan fingerprint density at radius 2 is 2.00 bits per heavy atom. The standard InChI is InChI=1S/C13H23N3O3/c1-7(11-10(8(2)17)13(19)16-11)12(18)15-9-3-5-14-6-4-9/h7-11,14,17H,3-6H2,1-2H3,(H,15,18)(H,16,19)/t7?,8?,10-,11-/m1/s1. The molecular formula is C13H23N3O3. The van der Waals surface area contributed by atoms with Crippen LogP contribution in [0.1, 0.15) is 26.7 Å². The van der Waals surface area contributed by atoms with Crippen molar-refractivity contribution in [2.45, 2.75) is 44.9 Å². The summed E-state index contributed by atoms with van der Waals surface area (Å²) in [6, 6.07) is -0.0359. The van der Waals surface area contributed by atoms with E-state index in [-0.39, 0.29) is 29.8 Å². The van der Waals surface area contributed by atoms with Gasteiger partial charge in [-0.25, -0.2) is 0 Å². The molecule has 6 heteroatoms. The average Bonchev–Trinajstić information content (AvgIpc) is 2.35. The fourth-order valence-electron chi connectivity index (χ4n) is 2.83. The average molecular weight is 269 g/mol. The number of rotatable bonds is 4. The van der Waals surface area contributed by atoms with Crippen LogP contribution in [0.25, 0.3) is 0 Å². The zero-order valence-electron chi connectivity index (χ0n) is 11.5. The summed E-state index contributed by atoms with van der Waals surface area (Å²) < 4.78 is 0. The molecule has 2 unspecified atom stereocenters. The van der Waals surface area contributed by atoms with Crippen LogP contribution in [-0.4, -0.2) is 48.2 Å². The van der Waals surface area contributed by atoms with Crippen molar-refractivity contribution in [3.05, 3.63) is 0 Å². The number of β-lactam (4-membered cyclic amide) rings is 1. The number of piperidine rings is 1. The van der Waals surface area contributed by atoms with Crippen LogP contribution in [0.3, 0.4) is 0 Å². The first-order chi connectivity index (χ1) is 9.00. The second kappa shape index (κ2) is 5.88. The van der Waals surface area contributed by atoms with Crippen LogP contribution in [-0.2, 0) is 9.59 Å². The van der Waals surface area contributed by atoms with Gasteiger partial charge in [0.1, 0.15) is 0 Å². The summed E-state index contributed by atoms with van der Waals surface area (Å²) in [5.41, 5.74) is 0. The minimum atomic E-state index is -0.715. The first kappa shape index (κ1) is 14.3. The number of amides is 2. The fourth-order valence-corrected chi connectivity index (χ4v) is 2.83. The molecular weight excluding hydrogens is 246 g/mol. The third-order valence-electron chi connectivity index (χ3n) is 4.16. The summed E-state index contributed by atoms with van der Waals surface area (Å²) in [6.45, 7) is 5.25. The topological polar surface area (TPSA) is 90.5 Å². The number of hydrogen-bond donors (Lipinski definition) is 4. The summed E-state index contributed by atoms with van der Waals surface area (Å²) in [4.78, 5) is 23.5. The Kier molecular flexibility index (Phi) is 4.42. The molecule has 0 aromatic heterocycles. The number of aliphatic hydroxyl groups is 1. The van der Waals surface area contributed by atoms with Crippen LogP contribution >= 0.6 is 0 Å². The van der Waals surface area contributed by atoms with Gasteiger partial charge >= 0.3 is 0 Å². The van der Waals surface area contributed by atoms with E-state index in [4.69, 9.17) is 0 Å². The van der Waals surface area contributed by atoms with Crippen LogP contribution in [0, 0.1) is 11.8 Å². The minimum absolute atomic E-state index is 0.0393. The zero-order valence-corrected chi connectivity index (χ0v) is 11.5. The van der Waals surface area contributed by atoms with Crippen LogP contribution < -0.4 is 16.0 Å². The molecule has 0 saturated carbocycles. The molecule has 2 heterocycles. The molecule has 2 rings (SSSR count). The molecule has 0 aliphatic carbocycles. The van der Waals surface area contributed by atoms with Crippen molar-refractivity contribution in [1.82, 2.24) is 16.0 Å². The number of carbonyl (C=O) groups is 2. The predicted octanol–water partition coefficient (Wildman–Crippen LogP) is -1.01. The van der Waals surface area contributed by atoms with Gasteiger partial charge in [-0.15, -0.1) is 0 Å². The van der Waals surface area contributed by atoms with E-state index in [1.807, 2.05) is 0 Å². The maximum absolute atomic E-state index is 12.2. The Morgan fingerprint density at radius 1 is 1.37 bits per heavy atom. The third kappa shape index (κ3) is 3.06.